The molecule has 5 rings (SSSR count). The largest absolute Gasteiger partial charge is 0.455 e. The van der Waals surface area contributed by atoms with E-state index in [0.29, 0.717) is 0 Å². The van der Waals surface area contributed by atoms with Gasteiger partial charge < -0.3 is 15.1 Å². The highest BCUT2D eigenvalue weighted by Crippen LogP contribution is 2.39. The Morgan fingerprint density at radius 1 is 1.15 bits per heavy atom. The predicted octanol–water partition coefficient (Wildman–Crippen LogP) is 5.17. The fraction of sp³-hybridized carbons (Fsp3) is 0.269. The minimum Gasteiger partial charge on any atom is -0.455 e. The molecule has 174 valence electrons. The number of anilines is 1. The Bertz CT molecular complexity index is 1330. The molecule has 34 heavy (non-hydrogen) atoms. The van der Waals surface area contributed by atoms with Gasteiger partial charge in [0.1, 0.15) is 11.5 Å². The molecule has 0 spiro atoms. The molecule has 8 heteroatoms. The zero-order valence-electron chi connectivity index (χ0n) is 19.5. The number of thiophene rings is 1. The Morgan fingerprint density at radius 2 is 2.00 bits per heavy atom. The second-order valence-electron chi connectivity index (χ2n) is 8.51. The fourth-order valence-electron chi connectivity index (χ4n) is 3.87. The number of likely N-dealkylation sites (tertiary alicyclic amines) is 1. The molecule has 0 unspecified atom stereocenters. The third-order valence-electron chi connectivity index (χ3n) is 6.00. The number of amides is 1. The molecule has 7 nitrogen and oxygen atoms in total. The van der Waals surface area contributed by atoms with Gasteiger partial charge in [-0.25, -0.2) is 5.43 Å². The van der Waals surface area contributed by atoms with Crippen LogP contribution in [0.15, 0.2) is 54.9 Å². The minimum atomic E-state index is 0.115. The molecule has 0 aliphatic carbocycles. The number of nitrogens with one attached hydrogen (secondary N) is 2. The van der Waals surface area contributed by atoms with Crippen molar-refractivity contribution in [3.63, 3.8) is 0 Å². The van der Waals surface area contributed by atoms with Gasteiger partial charge >= 0.3 is 0 Å². The Morgan fingerprint density at radius 3 is 2.71 bits per heavy atom. The van der Waals surface area contributed by atoms with Crippen LogP contribution in [-0.2, 0) is 11.2 Å². The third kappa shape index (κ3) is 4.60. The number of hydrogen-bond acceptors (Lipinski definition) is 7. The van der Waals surface area contributed by atoms with Crippen molar-refractivity contribution in [1.82, 2.24) is 20.3 Å². The first-order valence-electron chi connectivity index (χ1n) is 11.4. The quantitative estimate of drug-likeness (QED) is 0.361. The number of ether oxygens (including phenoxy) is 1. The monoisotopic (exact) mass is 473 g/mol. The van der Waals surface area contributed by atoms with Crippen molar-refractivity contribution in [3.05, 3.63) is 66.0 Å². The van der Waals surface area contributed by atoms with E-state index in [1.54, 1.807) is 24.5 Å². The van der Waals surface area contributed by atoms with Crippen LogP contribution in [0.3, 0.4) is 0 Å². The van der Waals surface area contributed by atoms with E-state index in [-0.39, 0.29) is 11.9 Å². The Labute approximate surface area is 202 Å². The number of carbonyl (C=O) groups is 1. The Balaban J connectivity index is 1.30. The lowest BCUT2D eigenvalue weighted by atomic mass is 10.1. The van der Waals surface area contributed by atoms with Crippen molar-refractivity contribution in [1.29, 1.82) is 0 Å². The van der Waals surface area contributed by atoms with Crippen molar-refractivity contribution in [2.45, 2.75) is 33.2 Å². The van der Waals surface area contributed by atoms with Gasteiger partial charge in [-0.15, -0.1) is 11.3 Å². The average molecular weight is 474 g/mol. The summed E-state index contributed by atoms with van der Waals surface area (Å²) in [5.41, 5.74) is 11.5. The lowest BCUT2D eigenvalue weighted by Gasteiger charge is -2.39. The molecular weight excluding hydrogens is 446 g/mol. The number of aryl methyl sites for hydroxylation is 2. The van der Waals surface area contributed by atoms with Gasteiger partial charge in [0.2, 0.25) is 5.91 Å². The van der Waals surface area contributed by atoms with Crippen LogP contribution in [0.2, 0.25) is 0 Å². The van der Waals surface area contributed by atoms with Gasteiger partial charge in [-0.05, 0) is 54.8 Å². The zero-order chi connectivity index (χ0) is 23.7. The number of pyridine rings is 2. The van der Waals surface area contributed by atoms with Crippen LogP contribution < -0.4 is 15.6 Å². The molecule has 0 radical (unpaired) electrons. The molecule has 1 aliphatic heterocycles. The summed E-state index contributed by atoms with van der Waals surface area (Å²) < 4.78 is 7.32. The van der Waals surface area contributed by atoms with Crippen LogP contribution in [0.1, 0.15) is 25.0 Å². The lowest BCUT2D eigenvalue weighted by Crippen LogP contribution is -2.60. The number of nitrogens with zero attached hydrogens (tertiary/aromatic N) is 3. The maximum absolute atomic E-state index is 11.3. The molecule has 0 bridgehead atoms. The molecule has 1 aliphatic rings. The summed E-state index contributed by atoms with van der Waals surface area (Å²) in [5, 5.41) is 0. The van der Waals surface area contributed by atoms with Crippen molar-refractivity contribution >= 4 is 33.1 Å². The fourth-order valence-corrected chi connectivity index (χ4v) is 4.92. The average Bonchev–Trinajstić information content (AvgIpc) is 3.25. The van der Waals surface area contributed by atoms with E-state index in [4.69, 9.17) is 4.74 Å². The Hall–Kier alpha value is -3.49. The first-order valence-corrected chi connectivity index (χ1v) is 12.2. The number of fused-ring (bicyclic) bond motifs is 1. The van der Waals surface area contributed by atoms with Gasteiger partial charge in [-0.2, -0.15) is 0 Å². The lowest BCUT2D eigenvalue weighted by molar-refractivity contribution is -0.133. The van der Waals surface area contributed by atoms with Crippen LogP contribution >= 0.6 is 11.3 Å². The van der Waals surface area contributed by atoms with E-state index in [2.05, 4.69) is 45.9 Å². The summed E-state index contributed by atoms with van der Waals surface area (Å²) in [6.07, 6.45) is 4.69. The minimum absolute atomic E-state index is 0.115. The van der Waals surface area contributed by atoms with Crippen molar-refractivity contribution in [3.8, 4) is 22.1 Å². The summed E-state index contributed by atoms with van der Waals surface area (Å²) in [7, 11) is 0. The van der Waals surface area contributed by atoms with Crippen LogP contribution in [-0.4, -0.2) is 39.9 Å². The maximum atomic E-state index is 11.3. The van der Waals surface area contributed by atoms with E-state index < -0.39 is 0 Å². The second kappa shape index (κ2) is 9.40. The number of benzene rings is 1. The molecular formula is C26H27N5O2S. The van der Waals surface area contributed by atoms with Crippen LogP contribution in [0.25, 0.3) is 20.8 Å². The van der Waals surface area contributed by atoms with Crippen LogP contribution in [0, 0.1) is 6.92 Å². The van der Waals surface area contributed by atoms with Crippen molar-refractivity contribution in [2.24, 2.45) is 0 Å². The van der Waals surface area contributed by atoms with Crippen molar-refractivity contribution < 1.29 is 9.53 Å². The molecule has 1 amide bonds. The SMILES string of the molecule is CCc1ccc(-c2cc3nccc(Oc4ccc(NNC5CN(C(C)=O)C5)cc4C)c3s2)nc1. The molecule has 1 fully saturated rings. The smallest absolute Gasteiger partial charge is 0.219 e. The molecule has 0 atom stereocenters. The highest BCUT2D eigenvalue weighted by Gasteiger charge is 2.28. The van der Waals surface area contributed by atoms with Crippen LogP contribution in [0.5, 0.6) is 11.5 Å². The molecule has 4 heterocycles. The van der Waals surface area contributed by atoms with Gasteiger partial charge in [0.05, 0.1) is 26.8 Å². The van der Waals surface area contributed by atoms with E-state index in [0.717, 1.165) is 63.0 Å². The molecule has 4 aromatic rings. The van der Waals surface area contributed by atoms with Crippen molar-refractivity contribution in [2.75, 3.05) is 18.5 Å². The molecule has 1 saturated heterocycles. The van der Waals surface area contributed by atoms with Gasteiger partial charge in [-0.1, -0.05) is 13.0 Å². The van der Waals surface area contributed by atoms with Gasteiger partial charge in [0.15, 0.2) is 0 Å². The summed E-state index contributed by atoms with van der Waals surface area (Å²) in [6.45, 7) is 7.20. The summed E-state index contributed by atoms with van der Waals surface area (Å²) in [5.74, 6) is 1.70. The van der Waals surface area contributed by atoms with E-state index in [1.165, 1.54) is 5.56 Å². The maximum Gasteiger partial charge on any atom is 0.219 e. The predicted molar refractivity (Wildman–Crippen MR) is 136 cm³/mol. The summed E-state index contributed by atoms with van der Waals surface area (Å²) in [4.78, 5) is 23.3. The number of carbonyl (C=O) groups excluding carboxylic acids is 1. The molecule has 0 saturated carbocycles. The van der Waals surface area contributed by atoms with E-state index >= 15 is 0 Å². The molecule has 2 N–H and O–H groups in total. The number of rotatable bonds is 7. The van der Waals surface area contributed by atoms with Crippen LogP contribution in [0.4, 0.5) is 5.69 Å². The highest BCUT2D eigenvalue weighted by molar-refractivity contribution is 7.22. The molecule has 3 aromatic heterocycles. The summed E-state index contributed by atoms with van der Waals surface area (Å²) >= 11 is 1.64. The van der Waals surface area contributed by atoms with Gasteiger partial charge in [0.25, 0.3) is 0 Å². The topological polar surface area (TPSA) is 79.4 Å². The first-order chi connectivity index (χ1) is 16.5. The highest BCUT2D eigenvalue weighted by atomic mass is 32.1. The molecule has 1 aromatic carbocycles. The van der Waals surface area contributed by atoms with Gasteiger partial charge in [-0.3, -0.25) is 14.8 Å². The van der Waals surface area contributed by atoms with E-state index in [9.17, 15) is 4.79 Å². The standard InChI is InChI=1S/C26H27N5O2S/c1-4-18-5-7-21(28-13-18)25-12-22-26(34-25)24(9-10-27-22)33-23-8-6-19(11-16(23)2)29-30-20-14-31(15-20)17(3)32/h5-13,20,29-30H,4,14-15H2,1-3H3. The third-order valence-corrected chi connectivity index (χ3v) is 7.16. The number of aromatic nitrogens is 2. The second-order valence-corrected chi connectivity index (χ2v) is 9.56. The normalized spacial score (nSPS) is 13.7. The van der Waals surface area contributed by atoms with E-state index in [1.807, 2.05) is 42.3 Å². The zero-order valence-corrected chi connectivity index (χ0v) is 20.3. The number of hydrazine groups is 1. The van der Waals surface area contributed by atoms with Gasteiger partial charge in [0, 0.05) is 44.2 Å². The first kappa shape index (κ1) is 22.3. The number of hydrogen-bond donors (Lipinski definition) is 2. The summed E-state index contributed by atoms with van der Waals surface area (Å²) in [6, 6.07) is 14.4. The Kier molecular flexibility index (Phi) is 6.17.